The van der Waals surface area contributed by atoms with Gasteiger partial charge in [0.05, 0.1) is 5.41 Å². The molecule has 116 valence electrons. The average Bonchev–Trinajstić information content (AvgIpc) is 2.47. The molecule has 1 heterocycles. The zero-order valence-corrected chi connectivity index (χ0v) is 12.3. The summed E-state index contributed by atoms with van der Waals surface area (Å²) in [6.07, 6.45) is 2.92. The Morgan fingerprint density at radius 3 is 2.43 bits per heavy atom. The van der Waals surface area contributed by atoms with Gasteiger partial charge in [0.15, 0.2) is 0 Å². The summed E-state index contributed by atoms with van der Waals surface area (Å²) in [7, 11) is 0. The van der Waals surface area contributed by atoms with E-state index in [1.807, 2.05) is 6.92 Å². The van der Waals surface area contributed by atoms with Gasteiger partial charge in [0.2, 0.25) is 5.91 Å². The van der Waals surface area contributed by atoms with Crippen molar-refractivity contribution < 1.29 is 13.6 Å². The standard InChI is InChI=1S/C16H22F2N2O/c1-2-16(4-7-19-8-5-16)15(21)20-6-3-12-9-13(17)11-14(18)10-12/h9-11,19H,2-8H2,1H3,(H,20,21). The summed E-state index contributed by atoms with van der Waals surface area (Å²) in [4.78, 5) is 12.4. The molecule has 21 heavy (non-hydrogen) atoms. The first-order valence-electron chi connectivity index (χ1n) is 7.50. The molecule has 1 aliphatic rings. The van der Waals surface area contributed by atoms with E-state index in [1.54, 1.807) is 0 Å². The summed E-state index contributed by atoms with van der Waals surface area (Å²) in [5.74, 6) is -1.11. The minimum absolute atomic E-state index is 0.0587. The van der Waals surface area contributed by atoms with Crippen LogP contribution in [0.25, 0.3) is 0 Å². The average molecular weight is 296 g/mol. The predicted molar refractivity (Wildman–Crippen MR) is 77.9 cm³/mol. The fraction of sp³-hybridized carbons (Fsp3) is 0.562. The van der Waals surface area contributed by atoms with Gasteiger partial charge in [-0.3, -0.25) is 4.79 Å². The van der Waals surface area contributed by atoms with E-state index in [2.05, 4.69) is 10.6 Å². The largest absolute Gasteiger partial charge is 0.355 e. The number of benzene rings is 1. The summed E-state index contributed by atoms with van der Waals surface area (Å²) in [6, 6.07) is 3.45. The van der Waals surface area contributed by atoms with Crippen LogP contribution >= 0.6 is 0 Å². The van der Waals surface area contributed by atoms with Crippen molar-refractivity contribution in [1.82, 2.24) is 10.6 Å². The SMILES string of the molecule is CCC1(C(=O)NCCc2cc(F)cc(F)c2)CCNCC1. The number of halogens is 2. The van der Waals surface area contributed by atoms with E-state index in [4.69, 9.17) is 0 Å². The van der Waals surface area contributed by atoms with Crippen molar-refractivity contribution in [3.8, 4) is 0 Å². The van der Waals surface area contributed by atoms with Crippen molar-refractivity contribution >= 4 is 5.91 Å². The first-order valence-corrected chi connectivity index (χ1v) is 7.50. The van der Waals surface area contributed by atoms with Crippen LogP contribution < -0.4 is 10.6 Å². The first-order chi connectivity index (χ1) is 10.1. The van der Waals surface area contributed by atoms with Gasteiger partial charge < -0.3 is 10.6 Å². The molecule has 5 heteroatoms. The lowest BCUT2D eigenvalue weighted by molar-refractivity contribution is -0.132. The van der Waals surface area contributed by atoms with Crippen LogP contribution in [-0.2, 0) is 11.2 Å². The third kappa shape index (κ3) is 4.00. The predicted octanol–water partition coefficient (Wildman–Crippen LogP) is 2.40. The van der Waals surface area contributed by atoms with Crippen LogP contribution in [0.2, 0.25) is 0 Å². The molecule has 1 amide bonds. The zero-order chi connectivity index (χ0) is 15.3. The van der Waals surface area contributed by atoms with E-state index >= 15 is 0 Å². The summed E-state index contributed by atoms with van der Waals surface area (Å²) < 4.78 is 26.2. The number of rotatable bonds is 5. The van der Waals surface area contributed by atoms with Crippen LogP contribution in [0, 0.1) is 17.0 Å². The van der Waals surface area contributed by atoms with Gasteiger partial charge >= 0.3 is 0 Å². The van der Waals surface area contributed by atoms with Crippen LogP contribution in [0.4, 0.5) is 8.78 Å². The fourth-order valence-electron chi connectivity index (χ4n) is 2.91. The third-order valence-corrected chi connectivity index (χ3v) is 4.34. The number of hydrogen-bond donors (Lipinski definition) is 2. The second-order valence-electron chi connectivity index (χ2n) is 5.67. The summed E-state index contributed by atoms with van der Waals surface area (Å²) in [5, 5.41) is 6.18. The molecule has 0 unspecified atom stereocenters. The van der Waals surface area contributed by atoms with E-state index in [-0.39, 0.29) is 11.3 Å². The molecular weight excluding hydrogens is 274 g/mol. The van der Waals surface area contributed by atoms with Crippen LogP contribution in [-0.4, -0.2) is 25.5 Å². The molecule has 1 aromatic carbocycles. The van der Waals surface area contributed by atoms with E-state index < -0.39 is 11.6 Å². The topological polar surface area (TPSA) is 41.1 Å². The number of carbonyl (C=O) groups is 1. The highest BCUT2D eigenvalue weighted by molar-refractivity contribution is 5.82. The molecule has 3 nitrogen and oxygen atoms in total. The van der Waals surface area contributed by atoms with Gasteiger partial charge in [-0.2, -0.15) is 0 Å². The maximum absolute atomic E-state index is 13.1. The van der Waals surface area contributed by atoms with E-state index in [9.17, 15) is 13.6 Å². The molecule has 0 aliphatic carbocycles. The molecule has 0 spiro atoms. The first kappa shape index (κ1) is 15.9. The van der Waals surface area contributed by atoms with Crippen molar-refractivity contribution in [2.75, 3.05) is 19.6 Å². The zero-order valence-electron chi connectivity index (χ0n) is 12.3. The Hall–Kier alpha value is -1.49. The molecular formula is C16H22F2N2O. The molecule has 1 aromatic rings. The third-order valence-electron chi connectivity index (χ3n) is 4.34. The lowest BCUT2D eigenvalue weighted by Gasteiger charge is -2.35. The Morgan fingerprint density at radius 1 is 1.24 bits per heavy atom. The lowest BCUT2D eigenvalue weighted by atomic mass is 9.76. The van der Waals surface area contributed by atoms with Crippen LogP contribution in [0.15, 0.2) is 18.2 Å². The molecule has 0 atom stereocenters. The highest BCUT2D eigenvalue weighted by Crippen LogP contribution is 2.32. The Morgan fingerprint density at radius 2 is 1.86 bits per heavy atom. The fourth-order valence-corrected chi connectivity index (χ4v) is 2.91. The van der Waals surface area contributed by atoms with Crippen molar-refractivity contribution in [1.29, 1.82) is 0 Å². The summed E-state index contributed by atoms with van der Waals surface area (Å²) in [5.41, 5.74) is 0.266. The highest BCUT2D eigenvalue weighted by atomic mass is 19.1. The van der Waals surface area contributed by atoms with Gasteiger partial charge in [-0.1, -0.05) is 6.92 Å². The van der Waals surface area contributed by atoms with Gasteiger partial charge in [0.25, 0.3) is 0 Å². The maximum atomic E-state index is 13.1. The van der Waals surface area contributed by atoms with Gasteiger partial charge in [0, 0.05) is 12.6 Å². The highest BCUT2D eigenvalue weighted by Gasteiger charge is 2.37. The van der Waals surface area contributed by atoms with Gasteiger partial charge in [-0.15, -0.1) is 0 Å². The molecule has 1 fully saturated rings. The van der Waals surface area contributed by atoms with Crippen molar-refractivity contribution in [3.05, 3.63) is 35.4 Å². The molecule has 2 rings (SSSR count). The van der Waals surface area contributed by atoms with E-state index in [1.165, 1.54) is 12.1 Å². The smallest absolute Gasteiger partial charge is 0.226 e. The van der Waals surface area contributed by atoms with Gasteiger partial charge in [-0.05, 0) is 56.5 Å². The molecule has 0 aromatic heterocycles. The number of carbonyl (C=O) groups excluding carboxylic acids is 1. The van der Waals surface area contributed by atoms with E-state index in [0.29, 0.717) is 18.5 Å². The Labute approximate surface area is 124 Å². The minimum Gasteiger partial charge on any atom is -0.355 e. The normalized spacial score (nSPS) is 17.5. The van der Waals surface area contributed by atoms with Crippen molar-refractivity contribution in [2.45, 2.75) is 32.6 Å². The second kappa shape index (κ2) is 6.98. The van der Waals surface area contributed by atoms with Crippen LogP contribution in [0.3, 0.4) is 0 Å². The number of amides is 1. The van der Waals surface area contributed by atoms with Gasteiger partial charge in [0.1, 0.15) is 11.6 Å². The molecule has 0 bridgehead atoms. The monoisotopic (exact) mass is 296 g/mol. The Bertz CT molecular complexity index is 479. The van der Waals surface area contributed by atoms with Crippen molar-refractivity contribution in [2.24, 2.45) is 5.41 Å². The summed E-state index contributed by atoms with van der Waals surface area (Å²) >= 11 is 0. The van der Waals surface area contributed by atoms with E-state index in [0.717, 1.165) is 38.4 Å². The lowest BCUT2D eigenvalue weighted by Crippen LogP contribution is -2.47. The van der Waals surface area contributed by atoms with Crippen LogP contribution in [0.5, 0.6) is 0 Å². The summed E-state index contributed by atoms with van der Waals surface area (Å²) in [6.45, 7) is 4.15. The van der Waals surface area contributed by atoms with Gasteiger partial charge in [-0.25, -0.2) is 8.78 Å². The minimum atomic E-state index is -0.584. The molecule has 0 radical (unpaired) electrons. The molecule has 1 saturated heterocycles. The van der Waals surface area contributed by atoms with Crippen LogP contribution in [0.1, 0.15) is 31.7 Å². The number of hydrogen-bond acceptors (Lipinski definition) is 2. The Balaban J connectivity index is 1.88. The number of piperidine rings is 1. The number of nitrogens with one attached hydrogen (secondary N) is 2. The quantitative estimate of drug-likeness (QED) is 0.876. The molecule has 0 saturated carbocycles. The second-order valence-corrected chi connectivity index (χ2v) is 5.67. The maximum Gasteiger partial charge on any atom is 0.226 e. The Kier molecular flexibility index (Phi) is 5.28. The van der Waals surface area contributed by atoms with Crippen molar-refractivity contribution in [3.63, 3.8) is 0 Å². The molecule has 1 aliphatic heterocycles. The molecule has 2 N–H and O–H groups in total.